The summed E-state index contributed by atoms with van der Waals surface area (Å²) in [5, 5.41) is 0. The van der Waals surface area contributed by atoms with Crippen molar-refractivity contribution >= 4 is 23.9 Å². The Morgan fingerprint density at radius 1 is 0.958 bits per heavy atom. The molecule has 1 heterocycles. The molecule has 4 unspecified atom stereocenters. The van der Waals surface area contributed by atoms with Crippen molar-refractivity contribution in [2.45, 2.75) is 51.8 Å². The van der Waals surface area contributed by atoms with E-state index in [0.717, 1.165) is 27.7 Å². The summed E-state index contributed by atoms with van der Waals surface area (Å²) < 4.78 is 38.7. The Morgan fingerprint density at radius 2 is 1.50 bits per heavy atom. The summed E-state index contributed by atoms with van der Waals surface area (Å²) in [7, 11) is 0. The van der Waals surface area contributed by atoms with E-state index in [1.165, 1.54) is 0 Å². The molecule has 0 aromatic rings. The first-order valence-electron chi connectivity index (χ1n) is 7.02. The van der Waals surface area contributed by atoms with E-state index < -0.39 is 61.3 Å². The molecule has 1 aliphatic rings. The van der Waals surface area contributed by atoms with E-state index in [1.807, 2.05) is 0 Å². The molecule has 0 aliphatic carbocycles. The van der Waals surface area contributed by atoms with Crippen molar-refractivity contribution < 1.29 is 47.3 Å². The van der Waals surface area contributed by atoms with Crippen LogP contribution in [0.5, 0.6) is 0 Å². The molecule has 0 aromatic carbocycles. The first-order chi connectivity index (χ1) is 11.1. The van der Waals surface area contributed by atoms with E-state index in [9.17, 15) is 23.6 Å². The summed E-state index contributed by atoms with van der Waals surface area (Å²) in [6, 6.07) is 0. The molecule has 0 amide bonds. The third-order valence-corrected chi connectivity index (χ3v) is 3.01. The van der Waals surface area contributed by atoms with Crippen LogP contribution in [0, 0.1) is 0 Å². The molecule has 1 fully saturated rings. The summed E-state index contributed by atoms with van der Waals surface area (Å²) in [6.45, 7) is 2.38. The fourth-order valence-corrected chi connectivity index (χ4v) is 2.30. The van der Waals surface area contributed by atoms with Crippen molar-refractivity contribution in [2.75, 3.05) is 13.3 Å². The van der Waals surface area contributed by atoms with Gasteiger partial charge in [0.15, 0.2) is 18.9 Å². The second-order valence-electron chi connectivity index (χ2n) is 5.10. The molecule has 0 saturated carbocycles. The van der Waals surface area contributed by atoms with Crippen LogP contribution in [-0.2, 0) is 42.9 Å². The predicted octanol–water partition coefficient (Wildman–Crippen LogP) is 0.0406. The zero-order valence-electron chi connectivity index (χ0n) is 13.7. The fraction of sp³-hybridized carbons (Fsp3) is 0.714. The quantitative estimate of drug-likeness (QED) is 0.500. The number of halogens is 1. The highest BCUT2D eigenvalue weighted by Crippen LogP contribution is 2.34. The average molecular weight is 350 g/mol. The van der Waals surface area contributed by atoms with Crippen molar-refractivity contribution in [3.63, 3.8) is 0 Å². The molecule has 0 spiro atoms. The molecule has 0 radical (unpaired) electrons. The lowest BCUT2D eigenvalue weighted by atomic mass is 9.96. The van der Waals surface area contributed by atoms with Crippen LogP contribution in [0.25, 0.3) is 0 Å². The van der Waals surface area contributed by atoms with Crippen molar-refractivity contribution in [3.05, 3.63) is 0 Å². The number of ether oxygens (including phenoxy) is 5. The zero-order valence-corrected chi connectivity index (χ0v) is 13.7. The third kappa shape index (κ3) is 4.88. The molecular formula is C14H19FO9. The maximum absolute atomic E-state index is 13.7. The molecule has 10 heteroatoms. The Morgan fingerprint density at radius 3 is 1.92 bits per heavy atom. The number of rotatable bonds is 5. The molecule has 0 aromatic heterocycles. The Kier molecular flexibility index (Phi) is 6.64. The lowest BCUT2D eigenvalue weighted by Gasteiger charge is -2.45. The number of carbonyl (C=O) groups excluding carboxylic acids is 4. The van der Waals surface area contributed by atoms with Gasteiger partial charge in [0.2, 0.25) is 6.10 Å². The summed E-state index contributed by atoms with van der Waals surface area (Å²) in [6.07, 6.45) is -4.25. The number of alkyl halides is 1. The minimum absolute atomic E-state index is 0.438. The number of carbonyl (C=O) groups is 4. The van der Waals surface area contributed by atoms with Crippen LogP contribution in [0.15, 0.2) is 0 Å². The molecule has 1 rings (SSSR count). The molecular weight excluding hydrogens is 331 g/mol. The molecule has 0 bridgehead atoms. The average Bonchev–Trinajstić information content (AvgIpc) is 2.43. The van der Waals surface area contributed by atoms with E-state index >= 15 is 0 Å². The van der Waals surface area contributed by atoms with Crippen LogP contribution in [0.2, 0.25) is 0 Å². The van der Waals surface area contributed by atoms with Gasteiger partial charge < -0.3 is 23.7 Å². The van der Waals surface area contributed by atoms with E-state index in [4.69, 9.17) is 23.7 Å². The Hall–Kier alpha value is -2.23. The van der Waals surface area contributed by atoms with Gasteiger partial charge in [0.05, 0.1) is 6.61 Å². The smallest absolute Gasteiger partial charge is 0.305 e. The van der Waals surface area contributed by atoms with Gasteiger partial charge in [0.1, 0.15) is 0 Å². The standard InChI is InChI=1S/C14H19FO9/c1-7(16)21-11-5-20-14(6-15,24-10(4)19)13(23-9(3)18)12(11)22-8(2)17/h11-13H,5-6H2,1-4H3. The van der Waals surface area contributed by atoms with Crippen molar-refractivity contribution in [3.8, 4) is 0 Å². The monoisotopic (exact) mass is 350 g/mol. The van der Waals surface area contributed by atoms with Crippen LogP contribution in [0.1, 0.15) is 27.7 Å². The second kappa shape index (κ2) is 8.04. The molecule has 4 atom stereocenters. The summed E-state index contributed by atoms with van der Waals surface area (Å²) in [5.41, 5.74) is 0. The van der Waals surface area contributed by atoms with Crippen LogP contribution in [-0.4, -0.2) is 61.3 Å². The molecule has 1 saturated heterocycles. The van der Waals surface area contributed by atoms with Gasteiger partial charge in [-0.25, -0.2) is 4.39 Å². The first kappa shape index (κ1) is 19.8. The topological polar surface area (TPSA) is 114 Å². The number of hydrogen-bond donors (Lipinski definition) is 0. The molecule has 0 N–H and O–H groups in total. The molecule has 136 valence electrons. The zero-order chi connectivity index (χ0) is 18.5. The van der Waals surface area contributed by atoms with Gasteiger partial charge in [-0.1, -0.05) is 0 Å². The van der Waals surface area contributed by atoms with E-state index in [2.05, 4.69) is 0 Å². The molecule has 9 nitrogen and oxygen atoms in total. The van der Waals surface area contributed by atoms with Crippen LogP contribution < -0.4 is 0 Å². The highest BCUT2D eigenvalue weighted by molar-refractivity contribution is 5.69. The Labute approximate surface area is 137 Å². The van der Waals surface area contributed by atoms with Gasteiger partial charge in [-0.05, 0) is 0 Å². The molecule has 1 aliphatic heterocycles. The van der Waals surface area contributed by atoms with Crippen LogP contribution in [0.3, 0.4) is 0 Å². The van der Waals surface area contributed by atoms with Gasteiger partial charge in [-0.15, -0.1) is 0 Å². The lowest BCUT2D eigenvalue weighted by Crippen LogP contribution is -2.66. The van der Waals surface area contributed by atoms with Crippen molar-refractivity contribution in [2.24, 2.45) is 0 Å². The van der Waals surface area contributed by atoms with Crippen molar-refractivity contribution in [1.29, 1.82) is 0 Å². The SMILES string of the molecule is CC(=O)OC1COC(CF)(OC(C)=O)C(OC(C)=O)C1OC(C)=O. The minimum atomic E-state index is -2.31. The summed E-state index contributed by atoms with van der Waals surface area (Å²) >= 11 is 0. The van der Waals surface area contributed by atoms with Crippen LogP contribution in [0.4, 0.5) is 4.39 Å². The van der Waals surface area contributed by atoms with E-state index in [-0.39, 0.29) is 0 Å². The minimum Gasteiger partial charge on any atom is -0.456 e. The van der Waals surface area contributed by atoms with Gasteiger partial charge in [0.25, 0.3) is 5.79 Å². The highest BCUT2D eigenvalue weighted by atomic mass is 19.1. The Bertz CT molecular complexity index is 520. The highest BCUT2D eigenvalue weighted by Gasteiger charge is 2.59. The molecule has 24 heavy (non-hydrogen) atoms. The maximum atomic E-state index is 13.7. The van der Waals surface area contributed by atoms with E-state index in [1.54, 1.807) is 0 Å². The van der Waals surface area contributed by atoms with E-state index in [0.29, 0.717) is 0 Å². The van der Waals surface area contributed by atoms with Gasteiger partial charge in [-0.3, -0.25) is 19.2 Å². The maximum Gasteiger partial charge on any atom is 0.305 e. The van der Waals surface area contributed by atoms with Crippen molar-refractivity contribution in [1.82, 2.24) is 0 Å². The van der Waals surface area contributed by atoms with Crippen LogP contribution >= 0.6 is 0 Å². The first-order valence-corrected chi connectivity index (χ1v) is 7.02. The number of esters is 4. The number of hydrogen-bond acceptors (Lipinski definition) is 9. The Balaban J connectivity index is 3.28. The predicted molar refractivity (Wildman–Crippen MR) is 73.1 cm³/mol. The normalized spacial score (nSPS) is 29.3. The second-order valence-corrected chi connectivity index (χ2v) is 5.10. The summed E-state index contributed by atoms with van der Waals surface area (Å²) in [4.78, 5) is 45.2. The fourth-order valence-electron chi connectivity index (χ4n) is 2.30. The summed E-state index contributed by atoms with van der Waals surface area (Å²) in [5.74, 6) is -5.60. The third-order valence-electron chi connectivity index (χ3n) is 3.01. The lowest BCUT2D eigenvalue weighted by molar-refractivity contribution is -0.332. The largest absolute Gasteiger partial charge is 0.456 e. The van der Waals surface area contributed by atoms with Gasteiger partial charge in [-0.2, -0.15) is 0 Å². The van der Waals surface area contributed by atoms with Gasteiger partial charge in [0, 0.05) is 27.7 Å². The van der Waals surface area contributed by atoms with Gasteiger partial charge >= 0.3 is 23.9 Å².